The molecule has 1 N–H and O–H groups in total. The largest absolute Gasteiger partial charge is 0.493 e. The minimum absolute atomic E-state index is 0.00292. The molecule has 0 bridgehead atoms. The summed E-state index contributed by atoms with van der Waals surface area (Å²) in [5.74, 6) is -0.565. The number of hydrogen-bond acceptors (Lipinski definition) is 4. The first-order valence-electron chi connectivity index (χ1n) is 7.12. The molecule has 1 aliphatic rings. The summed E-state index contributed by atoms with van der Waals surface area (Å²) in [5, 5.41) is 2.87. The lowest BCUT2D eigenvalue weighted by molar-refractivity contribution is -0.0515. The van der Waals surface area contributed by atoms with Gasteiger partial charge in [-0.05, 0) is 38.6 Å². The molecule has 0 aromatic heterocycles. The van der Waals surface area contributed by atoms with Gasteiger partial charge in [0, 0.05) is 12.6 Å². The van der Waals surface area contributed by atoms with Crippen LogP contribution in [0.15, 0.2) is 18.2 Å². The number of carbonyl (C=O) groups is 1. The van der Waals surface area contributed by atoms with E-state index in [2.05, 4.69) is 15.0 Å². The second-order valence-corrected chi connectivity index (χ2v) is 5.29. The van der Waals surface area contributed by atoms with Crippen molar-refractivity contribution in [1.82, 2.24) is 10.2 Å². The highest BCUT2D eigenvalue weighted by Crippen LogP contribution is 2.32. The number of para-hydroxylation sites is 1. The summed E-state index contributed by atoms with van der Waals surface area (Å²) >= 11 is 0. The third-order valence-electron chi connectivity index (χ3n) is 3.61. The Morgan fingerprint density at radius 1 is 1.45 bits per heavy atom. The van der Waals surface area contributed by atoms with Crippen LogP contribution in [-0.2, 0) is 0 Å². The molecule has 1 amide bonds. The van der Waals surface area contributed by atoms with Crippen molar-refractivity contribution in [3.63, 3.8) is 0 Å². The van der Waals surface area contributed by atoms with Crippen molar-refractivity contribution < 1.29 is 23.0 Å². The van der Waals surface area contributed by atoms with Gasteiger partial charge in [-0.25, -0.2) is 0 Å². The molecule has 0 spiro atoms. The fourth-order valence-electron chi connectivity index (χ4n) is 2.61. The molecular formula is C15H20F2N2O3. The van der Waals surface area contributed by atoms with Crippen LogP contribution in [0.25, 0.3) is 0 Å². The highest BCUT2D eigenvalue weighted by Gasteiger charge is 2.24. The maximum absolute atomic E-state index is 12.6. The predicted molar refractivity (Wildman–Crippen MR) is 77.6 cm³/mol. The molecule has 2 rings (SSSR count). The fraction of sp³-hybridized carbons (Fsp3) is 0.533. The Bertz CT molecular complexity index is 526. The van der Waals surface area contributed by atoms with E-state index in [1.807, 2.05) is 7.05 Å². The van der Waals surface area contributed by atoms with Crippen molar-refractivity contribution in [3.8, 4) is 11.5 Å². The Hall–Kier alpha value is -1.89. The number of benzene rings is 1. The van der Waals surface area contributed by atoms with Crippen LogP contribution in [0.1, 0.15) is 23.2 Å². The van der Waals surface area contributed by atoms with E-state index < -0.39 is 12.5 Å². The number of amides is 1. The van der Waals surface area contributed by atoms with Gasteiger partial charge < -0.3 is 19.7 Å². The number of alkyl halides is 2. The smallest absolute Gasteiger partial charge is 0.387 e. The molecule has 1 unspecified atom stereocenters. The first-order valence-corrected chi connectivity index (χ1v) is 7.12. The van der Waals surface area contributed by atoms with Gasteiger partial charge in [0.05, 0.1) is 12.7 Å². The maximum atomic E-state index is 12.6. The molecule has 0 saturated carbocycles. The molecule has 1 atom stereocenters. The molecule has 0 radical (unpaired) electrons. The fourth-order valence-corrected chi connectivity index (χ4v) is 2.61. The van der Waals surface area contributed by atoms with Gasteiger partial charge in [-0.3, -0.25) is 4.79 Å². The summed E-state index contributed by atoms with van der Waals surface area (Å²) < 4.78 is 34.6. The van der Waals surface area contributed by atoms with E-state index in [0.717, 1.165) is 25.9 Å². The van der Waals surface area contributed by atoms with E-state index in [-0.39, 0.29) is 23.1 Å². The lowest BCUT2D eigenvalue weighted by Crippen LogP contribution is -2.46. The Labute approximate surface area is 128 Å². The van der Waals surface area contributed by atoms with Crippen LogP contribution in [0, 0.1) is 0 Å². The number of hydrogen-bond donors (Lipinski definition) is 1. The average Bonchev–Trinajstić information content (AvgIpc) is 2.46. The molecule has 122 valence electrons. The summed E-state index contributed by atoms with van der Waals surface area (Å²) in [7, 11) is 3.32. The van der Waals surface area contributed by atoms with E-state index in [1.54, 1.807) is 6.07 Å². The Balaban J connectivity index is 2.17. The zero-order chi connectivity index (χ0) is 16.1. The second-order valence-electron chi connectivity index (χ2n) is 5.29. The molecule has 22 heavy (non-hydrogen) atoms. The summed E-state index contributed by atoms with van der Waals surface area (Å²) in [4.78, 5) is 14.5. The van der Waals surface area contributed by atoms with E-state index in [1.165, 1.54) is 19.2 Å². The van der Waals surface area contributed by atoms with Crippen LogP contribution >= 0.6 is 0 Å². The van der Waals surface area contributed by atoms with Gasteiger partial charge >= 0.3 is 6.61 Å². The highest BCUT2D eigenvalue weighted by molar-refractivity contribution is 5.98. The number of likely N-dealkylation sites (N-methyl/N-ethyl adjacent to an activating group) is 1. The van der Waals surface area contributed by atoms with Crippen LogP contribution in [-0.4, -0.2) is 50.7 Å². The number of carbonyl (C=O) groups excluding carboxylic acids is 1. The molecule has 5 nitrogen and oxygen atoms in total. The normalized spacial score (nSPS) is 19.0. The monoisotopic (exact) mass is 314 g/mol. The Kier molecular flexibility index (Phi) is 5.54. The summed E-state index contributed by atoms with van der Waals surface area (Å²) in [6.45, 7) is -1.30. The van der Waals surface area contributed by atoms with Gasteiger partial charge in [-0.1, -0.05) is 6.07 Å². The number of nitrogens with one attached hydrogen (secondary N) is 1. The number of halogens is 2. The van der Waals surface area contributed by atoms with Crippen molar-refractivity contribution in [2.75, 3.05) is 27.2 Å². The van der Waals surface area contributed by atoms with Crippen LogP contribution < -0.4 is 14.8 Å². The van der Waals surface area contributed by atoms with Gasteiger partial charge in [0.2, 0.25) is 0 Å². The molecule has 1 heterocycles. The lowest BCUT2D eigenvalue weighted by atomic mass is 10.1. The van der Waals surface area contributed by atoms with E-state index in [0.29, 0.717) is 0 Å². The first kappa shape index (κ1) is 16.5. The van der Waals surface area contributed by atoms with Crippen LogP contribution in [0.5, 0.6) is 11.5 Å². The summed E-state index contributed by atoms with van der Waals surface area (Å²) in [5.41, 5.74) is 0.0490. The number of piperidine rings is 1. The van der Waals surface area contributed by atoms with Gasteiger partial charge in [-0.15, -0.1) is 0 Å². The van der Waals surface area contributed by atoms with Crippen LogP contribution in [0.4, 0.5) is 8.78 Å². The number of likely N-dealkylation sites (tertiary alicyclic amines) is 1. The SMILES string of the molecule is COc1cccc(C(=O)NC2CCCN(C)C2)c1OC(F)F. The topological polar surface area (TPSA) is 50.8 Å². The van der Waals surface area contributed by atoms with E-state index in [9.17, 15) is 13.6 Å². The summed E-state index contributed by atoms with van der Waals surface area (Å²) in [6, 6.07) is 4.49. The molecule has 1 aromatic rings. The van der Waals surface area contributed by atoms with Crippen LogP contribution in [0.3, 0.4) is 0 Å². The first-order chi connectivity index (χ1) is 10.5. The number of nitrogens with zero attached hydrogens (tertiary/aromatic N) is 1. The minimum atomic E-state index is -3.02. The third-order valence-corrected chi connectivity index (χ3v) is 3.61. The number of rotatable bonds is 5. The second kappa shape index (κ2) is 7.40. The van der Waals surface area contributed by atoms with Gasteiger partial charge in [-0.2, -0.15) is 8.78 Å². The molecule has 7 heteroatoms. The highest BCUT2D eigenvalue weighted by atomic mass is 19.3. The van der Waals surface area contributed by atoms with Gasteiger partial charge in [0.25, 0.3) is 5.91 Å². The molecule has 1 fully saturated rings. The van der Waals surface area contributed by atoms with Crippen molar-refractivity contribution in [2.45, 2.75) is 25.5 Å². The quantitative estimate of drug-likeness (QED) is 0.904. The molecule has 1 saturated heterocycles. The maximum Gasteiger partial charge on any atom is 0.387 e. The Morgan fingerprint density at radius 3 is 2.86 bits per heavy atom. The van der Waals surface area contributed by atoms with Crippen molar-refractivity contribution in [3.05, 3.63) is 23.8 Å². The van der Waals surface area contributed by atoms with Crippen LogP contribution in [0.2, 0.25) is 0 Å². The van der Waals surface area contributed by atoms with Gasteiger partial charge in [0.15, 0.2) is 11.5 Å². The zero-order valence-electron chi connectivity index (χ0n) is 12.6. The zero-order valence-corrected chi connectivity index (χ0v) is 12.6. The lowest BCUT2D eigenvalue weighted by Gasteiger charge is -2.30. The minimum Gasteiger partial charge on any atom is -0.493 e. The third kappa shape index (κ3) is 4.07. The standard InChI is InChI=1S/C15H20F2N2O3/c1-19-8-4-5-10(9-19)18-14(20)11-6-3-7-12(21-2)13(11)22-15(16)17/h3,6-7,10,15H,4-5,8-9H2,1-2H3,(H,18,20). The summed E-state index contributed by atoms with van der Waals surface area (Å²) in [6.07, 6.45) is 1.85. The van der Waals surface area contributed by atoms with E-state index >= 15 is 0 Å². The average molecular weight is 314 g/mol. The predicted octanol–water partition coefficient (Wildman–Crippen LogP) is 2.12. The van der Waals surface area contributed by atoms with Crippen molar-refractivity contribution >= 4 is 5.91 Å². The molecule has 0 aliphatic carbocycles. The number of ether oxygens (including phenoxy) is 2. The number of methoxy groups -OCH3 is 1. The van der Waals surface area contributed by atoms with Crippen molar-refractivity contribution in [2.24, 2.45) is 0 Å². The molecule has 1 aromatic carbocycles. The van der Waals surface area contributed by atoms with E-state index in [4.69, 9.17) is 4.74 Å². The molecule has 1 aliphatic heterocycles. The Morgan fingerprint density at radius 2 is 2.23 bits per heavy atom. The van der Waals surface area contributed by atoms with Crippen molar-refractivity contribution in [1.29, 1.82) is 0 Å². The van der Waals surface area contributed by atoms with Gasteiger partial charge in [0.1, 0.15) is 0 Å². The molecular weight excluding hydrogens is 294 g/mol.